The van der Waals surface area contributed by atoms with Crippen molar-refractivity contribution in [1.82, 2.24) is 10.3 Å². The zero-order chi connectivity index (χ0) is 13.6. The number of nitrogens with one attached hydrogen (secondary N) is 1. The van der Waals surface area contributed by atoms with Gasteiger partial charge in [-0.05, 0) is 24.3 Å². The standard InChI is InChI=1S/C13H18BrFN2O/c1-3-13(4-2,8-14)9-17-12(18)10-5-11(15)7-16-6-10/h5-7H,3-4,8-9H2,1-2H3,(H,17,18). The number of alkyl halides is 1. The van der Waals surface area contributed by atoms with Crippen LogP contribution < -0.4 is 5.32 Å². The molecule has 0 saturated heterocycles. The van der Waals surface area contributed by atoms with E-state index in [0.29, 0.717) is 6.54 Å². The lowest BCUT2D eigenvalue weighted by Crippen LogP contribution is -2.38. The Labute approximate surface area is 115 Å². The Morgan fingerprint density at radius 2 is 2.11 bits per heavy atom. The van der Waals surface area contributed by atoms with Gasteiger partial charge in [0.1, 0.15) is 5.82 Å². The second-order valence-corrected chi connectivity index (χ2v) is 4.98. The summed E-state index contributed by atoms with van der Waals surface area (Å²) in [6.07, 6.45) is 4.39. The summed E-state index contributed by atoms with van der Waals surface area (Å²) in [5, 5.41) is 3.67. The van der Waals surface area contributed by atoms with Crippen LogP contribution in [0.3, 0.4) is 0 Å². The Bertz CT molecular complexity index is 399. The zero-order valence-electron chi connectivity index (χ0n) is 10.7. The minimum Gasteiger partial charge on any atom is -0.351 e. The first kappa shape index (κ1) is 15.1. The van der Waals surface area contributed by atoms with Crippen molar-refractivity contribution < 1.29 is 9.18 Å². The summed E-state index contributed by atoms with van der Waals surface area (Å²) >= 11 is 3.49. The van der Waals surface area contributed by atoms with Crippen molar-refractivity contribution in [3.8, 4) is 0 Å². The fourth-order valence-electron chi connectivity index (χ4n) is 1.64. The van der Waals surface area contributed by atoms with Crippen LogP contribution in [0.25, 0.3) is 0 Å². The first-order valence-corrected chi connectivity index (χ1v) is 7.13. The second kappa shape index (κ2) is 6.83. The summed E-state index contributed by atoms with van der Waals surface area (Å²) in [7, 11) is 0. The SMILES string of the molecule is CCC(CC)(CBr)CNC(=O)c1cncc(F)c1. The first-order chi connectivity index (χ1) is 8.56. The molecule has 1 rings (SSSR count). The van der Waals surface area contributed by atoms with Crippen molar-refractivity contribution in [2.24, 2.45) is 5.41 Å². The molecule has 0 aliphatic carbocycles. The molecule has 0 aromatic carbocycles. The molecule has 18 heavy (non-hydrogen) atoms. The summed E-state index contributed by atoms with van der Waals surface area (Å²) in [6.45, 7) is 4.77. The van der Waals surface area contributed by atoms with Crippen molar-refractivity contribution in [2.45, 2.75) is 26.7 Å². The number of halogens is 2. The van der Waals surface area contributed by atoms with Crippen molar-refractivity contribution in [2.75, 3.05) is 11.9 Å². The number of pyridine rings is 1. The summed E-state index contributed by atoms with van der Waals surface area (Å²) in [5.41, 5.74) is 0.307. The monoisotopic (exact) mass is 316 g/mol. The van der Waals surface area contributed by atoms with Crippen LogP contribution >= 0.6 is 15.9 Å². The van der Waals surface area contributed by atoms with Gasteiger partial charge in [0.05, 0.1) is 11.8 Å². The molecule has 0 bridgehead atoms. The highest BCUT2D eigenvalue weighted by atomic mass is 79.9. The minimum atomic E-state index is -0.500. The number of amides is 1. The van der Waals surface area contributed by atoms with Gasteiger partial charge in [-0.2, -0.15) is 0 Å². The molecule has 3 nitrogen and oxygen atoms in total. The van der Waals surface area contributed by atoms with Gasteiger partial charge in [-0.3, -0.25) is 9.78 Å². The normalized spacial score (nSPS) is 11.3. The maximum atomic E-state index is 13.0. The van der Waals surface area contributed by atoms with Crippen LogP contribution in [0, 0.1) is 11.2 Å². The zero-order valence-corrected chi connectivity index (χ0v) is 12.3. The molecule has 0 aliphatic heterocycles. The molecular weight excluding hydrogens is 299 g/mol. The van der Waals surface area contributed by atoms with Crippen LogP contribution in [-0.4, -0.2) is 22.8 Å². The van der Waals surface area contributed by atoms with E-state index in [9.17, 15) is 9.18 Å². The maximum Gasteiger partial charge on any atom is 0.252 e. The number of rotatable bonds is 6. The third-order valence-corrected chi connectivity index (χ3v) is 4.56. The lowest BCUT2D eigenvalue weighted by molar-refractivity contribution is 0.0931. The fourth-order valence-corrected chi connectivity index (χ4v) is 2.63. The van der Waals surface area contributed by atoms with Crippen molar-refractivity contribution >= 4 is 21.8 Å². The number of carbonyl (C=O) groups is 1. The Morgan fingerprint density at radius 3 is 2.61 bits per heavy atom. The van der Waals surface area contributed by atoms with Crippen LogP contribution in [0.5, 0.6) is 0 Å². The number of hydrogen-bond donors (Lipinski definition) is 1. The predicted molar refractivity (Wildman–Crippen MR) is 73.3 cm³/mol. The largest absolute Gasteiger partial charge is 0.351 e. The van der Waals surface area contributed by atoms with E-state index in [0.717, 1.165) is 24.4 Å². The molecular formula is C13H18BrFN2O. The summed E-state index contributed by atoms with van der Waals surface area (Å²) < 4.78 is 13.0. The van der Waals surface area contributed by atoms with E-state index in [1.165, 1.54) is 12.3 Å². The molecule has 0 radical (unpaired) electrons. The minimum absolute atomic E-state index is 0.0520. The third kappa shape index (κ3) is 3.77. The Balaban J connectivity index is 2.66. The average Bonchev–Trinajstić information content (AvgIpc) is 2.40. The van der Waals surface area contributed by atoms with Gasteiger partial charge in [0.25, 0.3) is 5.91 Å². The molecule has 0 unspecified atom stereocenters. The third-order valence-electron chi connectivity index (χ3n) is 3.37. The number of hydrogen-bond acceptors (Lipinski definition) is 2. The van der Waals surface area contributed by atoms with Crippen LogP contribution in [0.1, 0.15) is 37.0 Å². The van der Waals surface area contributed by atoms with E-state index >= 15 is 0 Å². The Morgan fingerprint density at radius 1 is 1.44 bits per heavy atom. The fraction of sp³-hybridized carbons (Fsp3) is 0.538. The van der Waals surface area contributed by atoms with Crippen LogP contribution in [0.15, 0.2) is 18.5 Å². The quantitative estimate of drug-likeness (QED) is 0.819. The molecule has 100 valence electrons. The van der Waals surface area contributed by atoms with Gasteiger partial charge in [0, 0.05) is 18.1 Å². The van der Waals surface area contributed by atoms with E-state index < -0.39 is 5.82 Å². The smallest absolute Gasteiger partial charge is 0.252 e. The van der Waals surface area contributed by atoms with Crippen LogP contribution in [0.4, 0.5) is 4.39 Å². The molecule has 1 aromatic rings. The highest BCUT2D eigenvalue weighted by molar-refractivity contribution is 9.09. The number of carbonyl (C=O) groups excluding carboxylic acids is 1. The Kier molecular flexibility index (Phi) is 5.72. The van der Waals surface area contributed by atoms with Crippen molar-refractivity contribution in [3.63, 3.8) is 0 Å². The molecule has 5 heteroatoms. The summed E-state index contributed by atoms with van der Waals surface area (Å²) in [4.78, 5) is 15.5. The highest BCUT2D eigenvalue weighted by Crippen LogP contribution is 2.27. The molecule has 0 spiro atoms. The molecule has 1 heterocycles. The van der Waals surface area contributed by atoms with Crippen LogP contribution in [-0.2, 0) is 0 Å². The molecule has 0 fully saturated rings. The molecule has 0 atom stereocenters. The van der Waals surface area contributed by atoms with Crippen LogP contribution in [0.2, 0.25) is 0 Å². The van der Waals surface area contributed by atoms with Gasteiger partial charge in [0.2, 0.25) is 0 Å². The molecule has 0 saturated carbocycles. The summed E-state index contributed by atoms with van der Waals surface area (Å²) in [6, 6.07) is 1.19. The van der Waals surface area contributed by atoms with E-state index in [1.807, 2.05) is 0 Å². The van der Waals surface area contributed by atoms with Gasteiger partial charge in [0.15, 0.2) is 0 Å². The van der Waals surface area contributed by atoms with Gasteiger partial charge in [-0.15, -0.1) is 0 Å². The predicted octanol–water partition coefficient (Wildman–Crippen LogP) is 3.15. The lowest BCUT2D eigenvalue weighted by Gasteiger charge is -2.29. The van der Waals surface area contributed by atoms with Gasteiger partial charge in [-0.1, -0.05) is 29.8 Å². The van der Waals surface area contributed by atoms with Crippen molar-refractivity contribution in [3.05, 3.63) is 29.8 Å². The topological polar surface area (TPSA) is 42.0 Å². The maximum absolute atomic E-state index is 13.0. The molecule has 1 aromatic heterocycles. The lowest BCUT2D eigenvalue weighted by atomic mass is 9.84. The van der Waals surface area contributed by atoms with Gasteiger partial charge >= 0.3 is 0 Å². The second-order valence-electron chi connectivity index (χ2n) is 4.42. The average molecular weight is 317 g/mol. The van der Waals surface area contributed by atoms with E-state index in [1.54, 1.807) is 0 Å². The number of aromatic nitrogens is 1. The van der Waals surface area contributed by atoms with E-state index in [-0.39, 0.29) is 16.9 Å². The number of nitrogens with zero attached hydrogens (tertiary/aromatic N) is 1. The molecule has 1 amide bonds. The first-order valence-electron chi connectivity index (χ1n) is 6.01. The molecule has 1 N–H and O–H groups in total. The summed E-state index contributed by atoms with van der Waals surface area (Å²) in [5.74, 6) is -0.783. The van der Waals surface area contributed by atoms with Crippen molar-refractivity contribution in [1.29, 1.82) is 0 Å². The molecule has 0 aliphatic rings. The van der Waals surface area contributed by atoms with Gasteiger partial charge in [-0.25, -0.2) is 4.39 Å². The highest BCUT2D eigenvalue weighted by Gasteiger charge is 2.25. The van der Waals surface area contributed by atoms with Gasteiger partial charge < -0.3 is 5.32 Å². The Hall–Kier alpha value is -0.970. The van der Waals surface area contributed by atoms with E-state index in [2.05, 4.69) is 40.1 Å². The van der Waals surface area contributed by atoms with E-state index in [4.69, 9.17) is 0 Å².